The van der Waals surface area contributed by atoms with Gasteiger partial charge in [-0.3, -0.25) is 4.79 Å². The van der Waals surface area contributed by atoms with Crippen molar-refractivity contribution in [1.82, 2.24) is 5.32 Å². The molecule has 0 fully saturated rings. The van der Waals surface area contributed by atoms with E-state index in [9.17, 15) is 4.79 Å². The van der Waals surface area contributed by atoms with Gasteiger partial charge in [-0.25, -0.2) is 0 Å². The van der Waals surface area contributed by atoms with Crippen LogP contribution in [0.15, 0.2) is 42.5 Å². The largest absolute Gasteiger partial charge is 0.486 e. The number of hydrogen-bond donors (Lipinski definition) is 1. The Labute approximate surface area is 153 Å². The summed E-state index contributed by atoms with van der Waals surface area (Å²) in [5.74, 6) is 1.22. The topological polar surface area (TPSA) is 47.6 Å². The molecule has 0 bridgehead atoms. The molecule has 0 aliphatic carbocycles. The van der Waals surface area contributed by atoms with E-state index in [-0.39, 0.29) is 11.8 Å². The molecule has 1 N–H and O–H groups in total. The fourth-order valence-corrected chi connectivity index (χ4v) is 3.31. The third-order valence-electron chi connectivity index (χ3n) is 4.30. The first-order valence-corrected chi connectivity index (χ1v) is 8.97. The fraction of sp³-hybridized carbons (Fsp3) is 0.350. The van der Waals surface area contributed by atoms with E-state index >= 15 is 0 Å². The molecule has 1 aliphatic heterocycles. The molecule has 3 rings (SSSR count). The summed E-state index contributed by atoms with van der Waals surface area (Å²) in [5.41, 5.74) is 2.06. The molecule has 25 heavy (non-hydrogen) atoms. The van der Waals surface area contributed by atoms with Crippen LogP contribution < -0.4 is 14.8 Å². The molecule has 1 unspecified atom stereocenters. The first kappa shape index (κ1) is 17.6. The molecule has 132 valence electrons. The van der Waals surface area contributed by atoms with Gasteiger partial charge in [0.05, 0.1) is 10.9 Å². The number of benzene rings is 2. The number of halogens is 1. The fourth-order valence-electron chi connectivity index (χ4n) is 3.02. The number of carbonyl (C=O) groups is 1. The van der Waals surface area contributed by atoms with Crippen molar-refractivity contribution in [2.45, 2.75) is 25.7 Å². The zero-order valence-corrected chi connectivity index (χ0v) is 15.0. The summed E-state index contributed by atoms with van der Waals surface area (Å²) in [6, 6.07) is 13.7. The van der Waals surface area contributed by atoms with Gasteiger partial charge in [-0.1, -0.05) is 48.9 Å². The van der Waals surface area contributed by atoms with Crippen LogP contribution in [0.5, 0.6) is 11.5 Å². The summed E-state index contributed by atoms with van der Waals surface area (Å²) in [6.07, 6.45) is 1.46. The van der Waals surface area contributed by atoms with Crippen LogP contribution in [0.1, 0.15) is 30.4 Å². The third kappa shape index (κ3) is 4.26. The molecule has 2 aromatic rings. The van der Waals surface area contributed by atoms with E-state index < -0.39 is 0 Å². The van der Waals surface area contributed by atoms with Crippen LogP contribution in [-0.4, -0.2) is 25.7 Å². The number of fused-ring (bicyclic) bond motifs is 1. The monoisotopic (exact) mass is 359 g/mol. The van der Waals surface area contributed by atoms with Crippen molar-refractivity contribution in [1.29, 1.82) is 0 Å². The second kappa shape index (κ2) is 8.26. The quantitative estimate of drug-likeness (QED) is 0.849. The lowest BCUT2D eigenvalue weighted by atomic mass is 9.95. The highest BCUT2D eigenvalue weighted by Crippen LogP contribution is 2.38. The van der Waals surface area contributed by atoms with Gasteiger partial charge in [0, 0.05) is 6.54 Å². The maximum absolute atomic E-state index is 12.5. The molecular weight excluding hydrogens is 338 g/mol. The molecule has 2 aromatic carbocycles. The first-order valence-electron chi connectivity index (χ1n) is 8.59. The second-order valence-corrected chi connectivity index (χ2v) is 6.42. The van der Waals surface area contributed by atoms with Crippen molar-refractivity contribution in [3.63, 3.8) is 0 Å². The minimum Gasteiger partial charge on any atom is -0.486 e. The first-order chi connectivity index (χ1) is 12.2. The Kier molecular flexibility index (Phi) is 5.82. The van der Waals surface area contributed by atoms with Crippen LogP contribution in [-0.2, 0) is 11.2 Å². The zero-order chi connectivity index (χ0) is 17.6. The predicted molar refractivity (Wildman–Crippen MR) is 98.6 cm³/mol. The van der Waals surface area contributed by atoms with Crippen LogP contribution in [0, 0.1) is 0 Å². The van der Waals surface area contributed by atoms with Crippen molar-refractivity contribution in [3.8, 4) is 11.5 Å². The zero-order valence-electron chi connectivity index (χ0n) is 14.3. The van der Waals surface area contributed by atoms with E-state index in [2.05, 4.69) is 5.32 Å². The SMILES string of the molecule is CCC(C(=O)NCCc1cc(Cl)c2c(c1)OCCO2)c1ccccc1. The molecule has 0 saturated heterocycles. The highest BCUT2D eigenvalue weighted by Gasteiger charge is 2.19. The number of nitrogens with one attached hydrogen (secondary N) is 1. The third-order valence-corrected chi connectivity index (χ3v) is 4.58. The van der Waals surface area contributed by atoms with Crippen molar-refractivity contribution < 1.29 is 14.3 Å². The van der Waals surface area contributed by atoms with Crippen molar-refractivity contribution in [2.24, 2.45) is 0 Å². The molecule has 0 aromatic heterocycles. The van der Waals surface area contributed by atoms with Crippen LogP contribution in [0.2, 0.25) is 5.02 Å². The standard InChI is InChI=1S/C20H22ClNO3/c1-2-16(15-6-4-3-5-7-15)20(23)22-9-8-14-12-17(21)19-18(13-14)24-10-11-25-19/h3-7,12-13,16H,2,8-11H2,1H3,(H,22,23). The summed E-state index contributed by atoms with van der Waals surface area (Å²) in [6.45, 7) is 3.62. The molecular formula is C20H22ClNO3. The molecule has 0 spiro atoms. The van der Waals surface area contributed by atoms with E-state index in [0.717, 1.165) is 17.5 Å². The van der Waals surface area contributed by atoms with Gasteiger partial charge < -0.3 is 14.8 Å². The Morgan fingerprint density at radius 2 is 1.96 bits per heavy atom. The Hall–Kier alpha value is -2.20. The Morgan fingerprint density at radius 1 is 1.20 bits per heavy atom. The van der Waals surface area contributed by atoms with Crippen molar-refractivity contribution in [2.75, 3.05) is 19.8 Å². The van der Waals surface area contributed by atoms with Gasteiger partial charge in [0.25, 0.3) is 0 Å². The average Bonchev–Trinajstić information content (AvgIpc) is 2.63. The molecule has 4 nitrogen and oxygen atoms in total. The van der Waals surface area contributed by atoms with Gasteiger partial charge in [-0.05, 0) is 36.1 Å². The maximum Gasteiger partial charge on any atom is 0.227 e. The Morgan fingerprint density at radius 3 is 2.72 bits per heavy atom. The van der Waals surface area contributed by atoms with Gasteiger partial charge in [0.15, 0.2) is 11.5 Å². The normalized spacial score (nSPS) is 14.0. The minimum absolute atomic E-state index is 0.0531. The van der Waals surface area contributed by atoms with Gasteiger partial charge in [-0.15, -0.1) is 0 Å². The summed E-state index contributed by atoms with van der Waals surface area (Å²) >= 11 is 6.25. The molecule has 0 radical (unpaired) electrons. The van der Waals surface area contributed by atoms with E-state index in [0.29, 0.717) is 42.7 Å². The number of ether oxygens (including phenoxy) is 2. The molecule has 1 aliphatic rings. The molecule has 1 amide bonds. The lowest BCUT2D eigenvalue weighted by molar-refractivity contribution is -0.122. The Balaban J connectivity index is 1.59. The highest BCUT2D eigenvalue weighted by atomic mass is 35.5. The van der Waals surface area contributed by atoms with Gasteiger partial charge in [-0.2, -0.15) is 0 Å². The van der Waals surface area contributed by atoms with Crippen LogP contribution in [0.25, 0.3) is 0 Å². The molecule has 1 atom stereocenters. The summed E-state index contributed by atoms with van der Waals surface area (Å²) in [4.78, 5) is 12.5. The van der Waals surface area contributed by atoms with E-state index in [1.165, 1.54) is 0 Å². The average molecular weight is 360 g/mol. The summed E-state index contributed by atoms with van der Waals surface area (Å²) in [5, 5.41) is 3.58. The minimum atomic E-state index is -0.120. The number of rotatable bonds is 6. The van der Waals surface area contributed by atoms with Crippen molar-refractivity contribution in [3.05, 3.63) is 58.6 Å². The van der Waals surface area contributed by atoms with Crippen LogP contribution >= 0.6 is 11.6 Å². The number of carbonyl (C=O) groups excluding carboxylic acids is 1. The van der Waals surface area contributed by atoms with Gasteiger partial charge in [0.1, 0.15) is 13.2 Å². The number of hydrogen-bond acceptors (Lipinski definition) is 3. The predicted octanol–water partition coefficient (Wildman–Crippen LogP) is 3.96. The van der Waals surface area contributed by atoms with E-state index in [1.807, 2.05) is 49.4 Å². The molecule has 5 heteroatoms. The summed E-state index contributed by atoms with van der Waals surface area (Å²) < 4.78 is 11.1. The highest BCUT2D eigenvalue weighted by molar-refractivity contribution is 6.32. The van der Waals surface area contributed by atoms with Gasteiger partial charge >= 0.3 is 0 Å². The lowest BCUT2D eigenvalue weighted by Gasteiger charge is -2.20. The lowest BCUT2D eigenvalue weighted by Crippen LogP contribution is -2.30. The summed E-state index contributed by atoms with van der Waals surface area (Å²) in [7, 11) is 0. The molecule has 0 saturated carbocycles. The second-order valence-electron chi connectivity index (χ2n) is 6.01. The smallest absolute Gasteiger partial charge is 0.227 e. The Bertz CT molecular complexity index is 733. The van der Waals surface area contributed by atoms with Crippen LogP contribution in [0.4, 0.5) is 0 Å². The maximum atomic E-state index is 12.5. The van der Waals surface area contributed by atoms with Crippen LogP contribution in [0.3, 0.4) is 0 Å². The van der Waals surface area contributed by atoms with E-state index in [1.54, 1.807) is 0 Å². The molecule has 1 heterocycles. The number of amides is 1. The van der Waals surface area contributed by atoms with Crippen molar-refractivity contribution >= 4 is 17.5 Å². The van der Waals surface area contributed by atoms with E-state index in [4.69, 9.17) is 21.1 Å². The van der Waals surface area contributed by atoms with Gasteiger partial charge in [0.2, 0.25) is 5.91 Å².